The molecule has 1 fully saturated rings. The second-order valence-electron chi connectivity index (χ2n) is 6.59. The molecule has 2 N–H and O–H groups in total. The van der Waals surface area contributed by atoms with Crippen molar-refractivity contribution in [2.24, 2.45) is 0 Å². The Labute approximate surface area is 145 Å². The highest BCUT2D eigenvalue weighted by atomic mass is 16.3. The lowest BCUT2D eigenvalue weighted by Gasteiger charge is -2.23. The van der Waals surface area contributed by atoms with Crippen molar-refractivity contribution in [2.45, 2.75) is 38.3 Å². The van der Waals surface area contributed by atoms with E-state index in [0.29, 0.717) is 0 Å². The largest absolute Gasteiger partial charge is 0.394 e. The number of aliphatic hydroxyl groups is 1. The standard InChI is InChI=1S/C21H28N2O/c24-17-21(19-8-4-3-5-9-19)22-16-18-10-12-20(13-11-18)23-14-6-1-2-7-15-23/h3-5,8-13,21-22,24H,1-2,6-7,14-17H2. The van der Waals surface area contributed by atoms with Gasteiger partial charge in [-0.05, 0) is 36.1 Å². The zero-order valence-corrected chi connectivity index (χ0v) is 14.3. The third-order valence-electron chi connectivity index (χ3n) is 4.84. The number of aliphatic hydroxyl groups excluding tert-OH is 1. The van der Waals surface area contributed by atoms with Crippen LogP contribution in [-0.4, -0.2) is 24.8 Å². The molecule has 1 aliphatic rings. The Kier molecular flexibility index (Phi) is 6.27. The molecule has 128 valence electrons. The van der Waals surface area contributed by atoms with Gasteiger partial charge in [0.15, 0.2) is 0 Å². The summed E-state index contributed by atoms with van der Waals surface area (Å²) in [4.78, 5) is 2.50. The van der Waals surface area contributed by atoms with E-state index in [1.54, 1.807) is 0 Å². The van der Waals surface area contributed by atoms with E-state index in [9.17, 15) is 5.11 Å². The minimum Gasteiger partial charge on any atom is -0.394 e. The van der Waals surface area contributed by atoms with E-state index in [-0.39, 0.29) is 12.6 Å². The molecule has 0 aliphatic carbocycles. The van der Waals surface area contributed by atoms with Gasteiger partial charge in [-0.3, -0.25) is 0 Å². The summed E-state index contributed by atoms with van der Waals surface area (Å²) in [5.41, 5.74) is 3.71. The van der Waals surface area contributed by atoms with Crippen molar-refractivity contribution in [3.63, 3.8) is 0 Å². The Balaban J connectivity index is 1.57. The lowest BCUT2D eigenvalue weighted by molar-refractivity contribution is 0.243. The van der Waals surface area contributed by atoms with Crippen molar-refractivity contribution in [2.75, 3.05) is 24.6 Å². The molecule has 24 heavy (non-hydrogen) atoms. The van der Waals surface area contributed by atoms with Crippen LogP contribution in [0.4, 0.5) is 5.69 Å². The Bertz CT molecular complexity index is 589. The number of nitrogens with zero attached hydrogens (tertiary/aromatic N) is 1. The Morgan fingerprint density at radius 3 is 2.17 bits per heavy atom. The van der Waals surface area contributed by atoms with Crippen LogP contribution in [0, 0.1) is 0 Å². The van der Waals surface area contributed by atoms with Gasteiger partial charge >= 0.3 is 0 Å². The van der Waals surface area contributed by atoms with Crippen LogP contribution < -0.4 is 10.2 Å². The van der Waals surface area contributed by atoms with Crippen LogP contribution in [0.15, 0.2) is 54.6 Å². The third kappa shape index (κ3) is 4.59. The summed E-state index contributed by atoms with van der Waals surface area (Å²) >= 11 is 0. The van der Waals surface area contributed by atoms with E-state index in [1.165, 1.54) is 50.0 Å². The first-order valence-electron chi connectivity index (χ1n) is 9.10. The highest BCUT2D eigenvalue weighted by molar-refractivity contribution is 5.47. The van der Waals surface area contributed by atoms with Gasteiger partial charge in [-0.2, -0.15) is 0 Å². The Morgan fingerprint density at radius 2 is 1.54 bits per heavy atom. The quantitative estimate of drug-likeness (QED) is 0.846. The summed E-state index contributed by atoms with van der Waals surface area (Å²) in [5.74, 6) is 0. The second kappa shape index (κ2) is 8.86. The Hall–Kier alpha value is -1.84. The fourth-order valence-corrected chi connectivity index (χ4v) is 3.37. The monoisotopic (exact) mass is 324 g/mol. The van der Waals surface area contributed by atoms with Crippen molar-refractivity contribution in [3.05, 3.63) is 65.7 Å². The number of nitrogens with one attached hydrogen (secondary N) is 1. The average molecular weight is 324 g/mol. The highest BCUT2D eigenvalue weighted by Gasteiger charge is 2.11. The van der Waals surface area contributed by atoms with Crippen LogP contribution in [0.2, 0.25) is 0 Å². The maximum atomic E-state index is 9.63. The number of hydrogen-bond acceptors (Lipinski definition) is 3. The maximum Gasteiger partial charge on any atom is 0.0626 e. The molecule has 1 atom stereocenters. The van der Waals surface area contributed by atoms with Gasteiger partial charge in [0.2, 0.25) is 0 Å². The van der Waals surface area contributed by atoms with Crippen molar-refractivity contribution >= 4 is 5.69 Å². The van der Waals surface area contributed by atoms with Crippen molar-refractivity contribution in [3.8, 4) is 0 Å². The van der Waals surface area contributed by atoms with Crippen LogP contribution in [0.1, 0.15) is 42.9 Å². The lowest BCUT2D eigenvalue weighted by Crippen LogP contribution is -2.25. The van der Waals surface area contributed by atoms with E-state index in [0.717, 1.165) is 12.1 Å². The fraction of sp³-hybridized carbons (Fsp3) is 0.429. The van der Waals surface area contributed by atoms with Gasteiger partial charge in [-0.1, -0.05) is 55.3 Å². The molecule has 3 nitrogen and oxygen atoms in total. The van der Waals surface area contributed by atoms with Crippen LogP contribution in [0.5, 0.6) is 0 Å². The zero-order valence-electron chi connectivity index (χ0n) is 14.3. The summed E-state index contributed by atoms with van der Waals surface area (Å²) in [7, 11) is 0. The van der Waals surface area contributed by atoms with Crippen LogP contribution in [0.25, 0.3) is 0 Å². The summed E-state index contributed by atoms with van der Waals surface area (Å²) in [5, 5.41) is 13.1. The molecule has 0 saturated carbocycles. The average Bonchev–Trinajstić information content (AvgIpc) is 2.93. The molecule has 2 aromatic carbocycles. The molecule has 1 heterocycles. The molecule has 0 radical (unpaired) electrons. The maximum absolute atomic E-state index is 9.63. The first-order valence-corrected chi connectivity index (χ1v) is 9.10. The smallest absolute Gasteiger partial charge is 0.0626 e. The van der Waals surface area contributed by atoms with Gasteiger partial charge in [0.1, 0.15) is 0 Å². The highest BCUT2D eigenvalue weighted by Crippen LogP contribution is 2.20. The fourth-order valence-electron chi connectivity index (χ4n) is 3.37. The van der Waals surface area contributed by atoms with E-state index in [1.807, 2.05) is 18.2 Å². The molecule has 1 unspecified atom stereocenters. The molecule has 3 rings (SSSR count). The molecule has 3 heteroatoms. The first-order chi connectivity index (χ1) is 11.9. The molecule has 0 aromatic heterocycles. The molecule has 2 aromatic rings. The molecule has 0 amide bonds. The van der Waals surface area contributed by atoms with E-state index in [2.05, 4.69) is 46.6 Å². The van der Waals surface area contributed by atoms with Gasteiger partial charge in [-0.15, -0.1) is 0 Å². The van der Waals surface area contributed by atoms with Crippen LogP contribution >= 0.6 is 0 Å². The molecule has 0 spiro atoms. The van der Waals surface area contributed by atoms with Crippen molar-refractivity contribution in [1.29, 1.82) is 0 Å². The van der Waals surface area contributed by atoms with E-state index in [4.69, 9.17) is 0 Å². The minimum absolute atomic E-state index is 0.0171. The van der Waals surface area contributed by atoms with E-state index >= 15 is 0 Å². The predicted molar refractivity (Wildman–Crippen MR) is 100 cm³/mol. The van der Waals surface area contributed by atoms with Crippen LogP contribution in [0.3, 0.4) is 0 Å². The number of benzene rings is 2. The van der Waals surface area contributed by atoms with Crippen molar-refractivity contribution < 1.29 is 5.11 Å². The summed E-state index contributed by atoms with van der Waals surface area (Å²) in [6.45, 7) is 3.23. The number of anilines is 1. The number of rotatable bonds is 6. The van der Waals surface area contributed by atoms with Gasteiger partial charge in [0, 0.05) is 25.3 Å². The molecule has 1 aliphatic heterocycles. The number of hydrogen-bond donors (Lipinski definition) is 2. The summed E-state index contributed by atoms with van der Waals surface area (Å²) in [6.07, 6.45) is 5.33. The van der Waals surface area contributed by atoms with Crippen molar-refractivity contribution in [1.82, 2.24) is 5.32 Å². The summed E-state index contributed by atoms with van der Waals surface area (Å²) < 4.78 is 0. The van der Waals surface area contributed by atoms with Gasteiger partial charge < -0.3 is 15.3 Å². The van der Waals surface area contributed by atoms with Gasteiger partial charge in [0.05, 0.1) is 12.6 Å². The minimum atomic E-state index is -0.0171. The topological polar surface area (TPSA) is 35.5 Å². The molecular formula is C21H28N2O. The van der Waals surface area contributed by atoms with Gasteiger partial charge in [-0.25, -0.2) is 0 Å². The molecular weight excluding hydrogens is 296 g/mol. The van der Waals surface area contributed by atoms with E-state index < -0.39 is 0 Å². The first kappa shape index (κ1) is 17.0. The van der Waals surface area contributed by atoms with Crippen LogP contribution in [-0.2, 0) is 6.54 Å². The van der Waals surface area contributed by atoms with Gasteiger partial charge in [0.25, 0.3) is 0 Å². The lowest BCUT2D eigenvalue weighted by atomic mass is 10.1. The predicted octanol–water partition coefficient (Wildman–Crippen LogP) is 3.89. The molecule has 1 saturated heterocycles. The Morgan fingerprint density at radius 1 is 0.875 bits per heavy atom. The summed E-state index contributed by atoms with van der Waals surface area (Å²) in [6, 6.07) is 19.0. The second-order valence-corrected chi connectivity index (χ2v) is 6.59. The third-order valence-corrected chi connectivity index (χ3v) is 4.84. The molecule has 0 bridgehead atoms. The zero-order chi connectivity index (χ0) is 16.6. The normalized spacial score (nSPS) is 16.6. The SMILES string of the molecule is OCC(NCc1ccc(N2CCCCCC2)cc1)c1ccccc1.